The third-order valence-corrected chi connectivity index (χ3v) is 1.90. The number of aromatic hydroxyl groups is 1. The molecule has 0 spiro atoms. The SMILES string of the molecule is C=CCn1c(O)c(C#N)c(C)cc1=O. The highest BCUT2D eigenvalue weighted by Gasteiger charge is 2.10. The molecule has 0 atom stereocenters. The van der Waals surface area contributed by atoms with Crippen LogP contribution in [0.25, 0.3) is 0 Å². The van der Waals surface area contributed by atoms with Crippen LogP contribution in [-0.2, 0) is 6.54 Å². The van der Waals surface area contributed by atoms with Crippen LogP contribution >= 0.6 is 0 Å². The van der Waals surface area contributed by atoms with Crippen molar-refractivity contribution < 1.29 is 5.11 Å². The molecular weight excluding hydrogens is 180 g/mol. The Hall–Kier alpha value is -2.02. The van der Waals surface area contributed by atoms with Crippen molar-refractivity contribution in [1.29, 1.82) is 5.26 Å². The number of allylic oxidation sites excluding steroid dienone is 1. The van der Waals surface area contributed by atoms with Gasteiger partial charge in [0.05, 0.1) is 0 Å². The van der Waals surface area contributed by atoms with Crippen LogP contribution in [0.15, 0.2) is 23.5 Å². The smallest absolute Gasteiger partial charge is 0.253 e. The van der Waals surface area contributed by atoms with E-state index in [1.165, 1.54) is 12.1 Å². The van der Waals surface area contributed by atoms with E-state index in [9.17, 15) is 9.90 Å². The Morgan fingerprint density at radius 2 is 2.43 bits per heavy atom. The molecule has 1 aromatic rings. The molecule has 0 aromatic carbocycles. The van der Waals surface area contributed by atoms with Crippen molar-refractivity contribution in [2.75, 3.05) is 0 Å². The van der Waals surface area contributed by atoms with Gasteiger partial charge in [0, 0.05) is 12.6 Å². The molecule has 0 bridgehead atoms. The van der Waals surface area contributed by atoms with Crippen molar-refractivity contribution in [2.24, 2.45) is 0 Å². The van der Waals surface area contributed by atoms with Crippen LogP contribution in [0.4, 0.5) is 0 Å². The van der Waals surface area contributed by atoms with Gasteiger partial charge in [-0.2, -0.15) is 5.26 Å². The fourth-order valence-electron chi connectivity index (χ4n) is 1.19. The minimum atomic E-state index is -0.334. The lowest BCUT2D eigenvalue weighted by atomic mass is 10.1. The highest BCUT2D eigenvalue weighted by molar-refractivity contribution is 5.43. The van der Waals surface area contributed by atoms with E-state index in [2.05, 4.69) is 6.58 Å². The first-order valence-electron chi connectivity index (χ1n) is 4.06. The summed E-state index contributed by atoms with van der Waals surface area (Å²) >= 11 is 0. The van der Waals surface area contributed by atoms with Gasteiger partial charge < -0.3 is 5.11 Å². The van der Waals surface area contributed by atoms with Crippen LogP contribution in [0.5, 0.6) is 5.88 Å². The van der Waals surface area contributed by atoms with E-state index < -0.39 is 0 Å². The molecule has 0 aliphatic carbocycles. The topological polar surface area (TPSA) is 66.0 Å². The van der Waals surface area contributed by atoms with Crippen molar-refractivity contribution in [3.05, 3.63) is 40.2 Å². The zero-order chi connectivity index (χ0) is 10.7. The largest absolute Gasteiger partial charge is 0.493 e. The minimum Gasteiger partial charge on any atom is -0.493 e. The van der Waals surface area contributed by atoms with Crippen molar-refractivity contribution >= 4 is 0 Å². The van der Waals surface area contributed by atoms with E-state index in [1.807, 2.05) is 6.07 Å². The number of rotatable bonds is 2. The number of pyridine rings is 1. The van der Waals surface area contributed by atoms with Crippen LogP contribution < -0.4 is 5.56 Å². The average molecular weight is 190 g/mol. The van der Waals surface area contributed by atoms with Gasteiger partial charge in [0.25, 0.3) is 5.56 Å². The Labute approximate surface area is 81.3 Å². The molecule has 0 saturated carbocycles. The number of aryl methyl sites for hydroxylation is 1. The molecule has 4 heteroatoms. The minimum absolute atomic E-state index is 0.131. The molecule has 14 heavy (non-hydrogen) atoms. The van der Waals surface area contributed by atoms with E-state index >= 15 is 0 Å². The van der Waals surface area contributed by atoms with Crippen molar-refractivity contribution in [1.82, 2.24) is 4.57 Å². The van der Waals surface area contributed by atoms with Gasteiger partial charge in [-0.3, -0.25) is 9.36 Å². The highest BCUT2D eigenvalue weighted by Crippen LogP contribution is 2.16. The first-order valence-corrected chi connectivity index (χ1v) is 4.06. The van der Waals surface area contributed by atoms with E-state index in [0.29, 0.717) is 5.56 Å². The van der Waals surface area contributed by atoms with Gasteiger partial charge in [0.15, 0.2) is 0 Å². The first-order chi connectivity index (χ1) is 6.61. The predicted octanol–water partition coefficient (Wildman–Crippen LogP) is 0.920. The molecule has 1 rings (SSSR count). The summed E-state index contributed by atoms with van der Waals surface area (Å²) in [5.74, 6) is -0.294. The Balaban J connectivity index is 3.53. The van der Waals surface area contributed by atoms with Gasteiger partial charge >= 0.3 is 0 Å². The van der Waals surface area contributed by atoms with Gasteiger partial charge in [-0.15, -0.1) is 6.58 Å². The molecule has 72 valence electrons. The van der Waals surface area contributed by atoms with Gasteiger partial charge in [-0.1, -0.05) is 6.08 Å². The van der Waals surface area contributed by atoms with Gasteiger partial charge in [0.1, 0.15) is 11.6 Å². The number of hydrogen-bond acceptors (Lipinski definition) is 3. The quantitative estimate of drug-likeness (QED) is 0.705. The zero-order valence-corrected chi connectivity index (χ0v) is 7.82. The number of hydrogen-bond donors (Lipinski definition) is 1. The standard InChI is InChI=1S/C10H10N2O2/c1-3-4-12-9(13)5-7(2)8(6-11)10(12)14/h3,5,14H,1,4H2,2H3. The summed E-state index contributed by atoms with van der Waals surface area (Å²) < 4.78 is 1.10. The van der Waals surface area contributed by atoms with E-state index in [1.54, 1.807) is 6.92 Å². The average Bonchev–Trinajstić information content (AvgIpc) is 2.12. The van der Waals surface area contributed by atoms with E-state index in [4.69, 9.17) is 5.26 Å². The molecule has 0 aliphatic heterocycles. The van der Waals surface area contributed by atoms with Gasteiger partial charge in [0.2, 0.25) is 5.88 Å². The summed E-state index contributed by atoms with van der Waals surface area (Å²) in [6, 6.07) is 3.17. The second-order valence-electron chi connectivity index (χ2n) is 2.88. The third kappa shape index (κ3) is 1.52. The molecule has 0 saturated heterocycles. The number of nitriles is 1. The maximum Gasteiger partial charge on any atom is 0.253 e. The first kappa shape index (κ1) is 10.1. The number of aromatic nitrogens is 1. The van der Waals surface area contributed by atoms with Crippen LogP contribution in [0, 0.1) is 18.3 Å². The highest BCUT2D eigenvalue weighted by atomic mass is 16.3. The third-order valence-electron chi connectivity index (χ3n) is 1.90. The van der Waals surface area contributed by atoms with Crippen LogP contribution in [0.1, 0.15) is 11.1 Å². The van der Waals surface area contributed by atoms with Gasteiger partial charge in [-0.05, 0) is 12.5 Å². The van der Waals surface area contributed by atoms with Crippen molar-refractivity contribution in [3.63, 3.8) is 0 Å². The Bertz CT molecular complexity index is 466. The lowest BCUT2D eigenvalue weighted by Crippen LogP contribution is -2.20. The molecule has 0 fully saturated rings. The maximum atomic E-state index is 11.4. The fraction of sp³-hybridized carbons (Fsp3) is 0.200. The summed E-state index contributed by atoms with van der Waals surface area (Å²) in [4.78, 5) is 11.4. The van der Waals surface area contributed by atoms with E-state index in [0.717, 1.165) is 4.57 Å². The Kier molecular flexibility index (Phi) is 2.73. The molecule has 0 amide bonds. The summed E-state index contributed by atoms with van der Waals surface area (Å²) in [5.41, 5.74) is 0.278. The molecule has 4 nitrogen and oxygen atoms in total. The molecule has 0 radical (unpaired) electrons. The van der Waals surface area contributed by atoms with Crippen LogP contribution in [0.3, 0.4) is 0 Å². The van der Waals surface area contributed by atoms with Crippen LogP contribution in [0.2, 0.25) is 0 Å². The number of nitrogens with zero attached hydrogens (tertiary/aromatic N) is 2. The molecule has 1 heterocycles. The second-order valence-corrected chi connectivity index (χ2v) is 2.88. The molecule has 1 aromatic heterocycles. The summed E-state index contributed by atoms with van der Waals surface area (Å²) in [6.07, 6.45) is 1.48. The molecule has 1 N–H and O–H groups in total. The Morgan fingerprint density at radius 1 is 1.79 bits per heavy atom. The zero-order valence-electron chi connectivity index (χ0n) is 7.82. The van der Waals surface area contributed by atoms with E-state index in [-0.39, 0.29) is 23.5 Å². The Morgan fingerprint density at radius 3 is 2.93 bits per heavy atom. The maximum absolute atomic E-state index is 11.4. The second kappa shape index (κ2) is 3.79. The summed E-state index contributed by atoms with van der Waals surface area (Å²) in [6.45, 7) is 5.27. The molecule has 0 aliphatic rings. The summed E-state index contributed by atoms with van der Waals surface area (Å²) in [7, 11) is 0. The van der Waals surface area contributed by atoms with Gasteiger partial charge in [-0.25, -0.2) is 0 Å². The molecular formula is C10H10N2O2. The lowest BCUT2D eigenvalue weighted by Gasteiger charge is -2.08. The summed E-state index contributed by atoms with van der Waals surface area (Å²) in [5, 5.41) is 18.3. The predicted molar refractivity (Wildman–Crippen MR) is 52.0 cm³/mol. The molecule has 0 unspecified atom stereocenters. The van der Waals surface area contributed by atoms with Crippen molar-refractivity contribution in [3.8, 4) is 11.9 Å². The van der Waals surface area contributed by atoms with Crippen LogP contribution in [-0.4, -0.2) is 9.67 Å². The lowest BCUT2D eigenvalue weighted by molar-refractivity contribution is 0.414. The normalized spacial score (nSPS) is 9.43. The monoisotopic (exact) mass is 190 g/mol. The van der Waals surface area contributed by atoms with Crippen molar-refractivity contribution in [2.45, 2.75) is 13.5 Å². The fourth-order valence-corrected chi connectivity index (χ4v) is 1.19.